The summed E-state index contributed by atoms with van der Waals surface area (Å²) >= 11 is 6.34. The van der Waals surface area contributed by atoms with Crippen molar-refractivity contribution in [1.29, 1.82) is 0 Å². The molecule has 1 saturated carbocycles. The first-order valence-electron chi connectivity index (χ1n) is 9.31. The van der Waals surface area contributed by atoms with Crippen molar-refractivity contribution in [2.75, 3.05) is 6.54 Å². The maximum absolute atomic E-state index is 12.3. The van der Waals surface area contributed by atoms with E-state index in [2.05, 4.69) is 22.3 Å². The zero-order valence-corrected chi connectivity index (χ0v) is 16.8. The van der Waals surface area contributed by atoms with Crippen molar-refractivity contribution >= 4 is 17.5 Å². The van der Waals surface area contributed by atoms with Gasteiger partial charge in [0.25, 0.3) is 5.91 Å². The van der Waals surface area contributed by atoms with Crippen LogP contribution in [0.1, 0.15) is 34.6 Å². The van der Waals surface area contributed by atoms with E-state index in [1.54, 1.807) is 6.07 Å². The van der Waals surface area contributed by atoms with Gasteiger partial charge in [-0.25, -0.2) is 0 Å². The van der Waals surface area contributed by atoms with E-state index in [0.29, 0.717) is 11.4 Å². The number of carbonyl (C=O) groups is 1. The van der Waals surface area contributed by atoms with Gasteiger partial charge in [0.2, 0.25) is 0 Å². The molecule has 1 fully saturated rings. The molecule has 0 radical (unpaired) electrons. The number of nitrogens with one attached hydrogen (secondary N) is 1. The molecule has 1 amide bonds. The summed E-state index contributed by atoms with van der Waals surface area (Å²) in [4.78, 5) is 12.0. The van der Waals surface area contributed by atoms with E-state index >= 15 is 0 Å². The molecule has 0 bridgehead atoms. The first-order chi connectivity index (χ1) is 14.2. The van der Waals surface area contributed by atoms with Crippen LogP contribution in [0.15, 0.2) is 48.5 Å². The molecule has 30 heavy (non-hydrogen) atoms. The number of hydrogen-bond acceptors (Lipinski definition) is 3. The number of carbonyl (C=O) groups excluding carboxylic acids is 1. The summed E-state index contributed by atoms with van der Waals surface area (Å²) in [6.45, 7) is -1.40. The van der Waals surface area contributed by atoms with Crippen molar-refractivity contribution in [3.63, 3.8) is 0 Å². The number of alkyl halides is 3. The zero-order valence-electron chi connectivity index (χ0n) is 16.0. The van der Waals surface area contributed by atoms with E-state index in [-0.39, 0.29) is 16.0 Å². The Balaban J connectivity index is 1.61. The third-order valence-electron chi connectivity index (χ3n) is 5.30. The second-order valence-corrected chi connectivity index (χ2v) is 7.75. The van der Waals surface area contributed by atoms with E-state index in [9.17, 15) is 18.0 Å². The van der Waals surface area contributed by atoms with Gasteiger partial charge in [0.15, 0.2) is 5.82 Å². The predicted molar refractivity (Wildman–Crippen MR) is 106 cm³/mol. The van der Waals surface area contributed by atoms with Gasteiger partial charge in [0.05, 0.1) is 10.4 Å². The van der Waals surface area contributed by atoms with E-state index < -0.39 is 18.6 Å². The Morgan fingerprint density at radius 1 is 1.17 bits per heavy atom. The molecule has 4 rings (SSSR count). The van der Waals surface area contributed by atoms with Crippen molar-refractivity contribution < 1.29 is 18.0 Å². The van der Waals surface area contributed by atoms with Crippen molar-refractivity contribution in [3.05, 3.63) is 70.5 Å². The van der Waals surface area contributed by atoms with E-state index in [1.165, 1.54) is 17.7 Å². The molecule has 1 aromatic heterocycles. The Morgan fingerprint density at radius 3 is 2.47 bits per heavy atom. The first-order valence-corrected chi connectivity index (χ1v) is 9.69. The van der Waals surface area contributed by atoms with Crippen molar-refractivity contribution in [3.8, 4) is 11.4 Å². The highest BCUT2D eigenvalue weighted by Gasteiger charge is 2.49. The molecule has 0 aliphatic heterocycles. The number of amides is 1. The lowest BCUT2D eigenvalue weighted by atomic mass is 9.95. The van der Waals surface area contributed by atoms with Gasteiger partial charge in [-0.15, -0.1) is 10.2 Å². The molecular weight excluding hydrogens is 417 g/mol. The summed E-state index contributed by atoms with van der Waals surface area (Å²) in [7, 11) is 1.86. The van der Waals surface area contributed by atoms with Gasteiger partial charge in [0.1, 0.15) is 12.4 Å². The average Bonchev–Trinajstić information content (AvgIpc) is 3.43. The largest absolute Gasteiger partial charge is 0.405 e. The van der Waals surface area contributed by atoms with Crippen molar-refractivity contribution in [2.24, 2.45) is 7.05 Å². The van der Waals surface area contributed by atoms with Crippen LogP contribution in [-0.2, 0) is 12.5 Å². The van der Waals surface area contributed by atoms with Gasteiger partial charge in [-0.3, -0.25) is 4.79 Å². The fourth-order valence-corrected chi connectivity index (χ4v) is 3.89. The molecular formula is C21H18ClF3N4O. The molecule has 9 heteroatoms. The van der Waals surface area contributed by atoms with Crippen LogP contribution < -0.4 is 5.32 Å². The van der Waals surface area contributed by atoms with Crippen LogP contribution in [0.3, 0.4) is 0 Å². The minimum atomic E-state index is -4.48. The third kappa shape index (κ3) is 3.79. The maximum Gasteiger partial charge on any atom is 0.405 e. The van der Waals surface area contributed by atoms with Gasteiger partial charge >= 0.3 is 6.18 Å². The third-order valence-corrected chi connectivity index (χ3v) is 5.61. The second-order valence-electron chi connectivity index (χ2n) is 7.35. The van der Waals surface area contributed by atoms with Gasteiger partial charge in [-0.2, -0.15) is 13.2 Å². The number of halogens is 4. The number of rotatable bonds is 5. The van der Waals surface area contributed by atoms with Crippen LogP contribution in [0.5, 0.6) is 0 Å². The highest BCUT2D eigenvalue weighted by molar-refractivity contribution is 6.33. The number of nitrogens with zero attached hydrogens (tertiary/aromatic N) is 3. The topological polar surface area (TPSA) is 59.8 Å². The minimum absolute atomic E-state index is 0.0401. The summed E-state index contributed by atoms with van der Waals surface area (Å²) in [5.74, 6) is 0.506. The van der Waals surface area contributed by atoms with E-state index in [0.717, 1.165) is 18.7 Å². The normalized spacial score (nSPS) is 15.1. The fraction of sp³-hybridized carbons (Fsp3) is 0.286. The maximum atomic E-state index is 12.3. The quantitative estimate of drug-likeness (QED) is 0.643. The average molecular weight is 435 g/mol. The van der Waals surface area contributed by atoms with Gasteiger partial charge in [-0.1, -0.05) is 41.9 Å². The molecule has 1 aliphatic carbocycles. The molecule has 0 atom stereocenters. The standard InChI is InChI=1S/C21H18ClF3N4O/c1-29-17(27-28-19(29)20(9-10-20)14-5-3-2-4-6-14)15-8-7-13(11-16(15)22)18(30)26-12-21(23,24)25/h2-8,11H,9-10,12H2,1H3,(H,26,30). The Kier molecular flexibility index (Phi) is 5.05. The fourth-order valence-electron chi connectivity index (χ4n) is 3.62. The number of hydrogen-bond donors (Lipinski definition) is 1. The van der Waals surface area contributed by atoms with Crippen LogP contribution in [-0.4, -0.2) is 33.4 Å². The number of benzene rings is 2. The van der Waals surface area contributed by atoms with E-state index in [4.69, 9.17) is 11.6 Å². The monoisotopic (exact) mass is 434 g/mol. The van der Waals surface area contributed by atoms with Crippen LogP contribution in [0.25, 0.3) is 11.4 Å². The molecule has 0 unspecified atom stereocenters. The minimum Gasteiger partial charge on any atom is -0.343 e. The molecule has 2 aromatic carbocycles. The molecule has 1 heterocycles. The highest BCUT2D eigenvalue weighted by Crippen LogP contribution is 2.53. The Hall–Kier alpha value is -2.87. The summed E-state index contributed by atoms with van der Waals surface area (Å²) in [5.41, 5.74) is 1.59. The van der Waals surface area contributed by atoms with Gasteiger partial charge in [-0.05, 0) is 36.6 Å². The lowest BCUT2D eigenvalue weighted by Gasteiger charge is -2.15. The molecule has 0 spiro atoms. The van der Waals surface area contributed by atoms with Crippen LogP contribution in [0.4, 0.5) is 13.2 Å². The smallest absolute Gasteiger partial charge is 0.343 e. The SMILES string of the molecule is Cn1c(-c2ccc(C(=O)NCC(F)(F)F)cc2Cl)nnc1C1(c2ccccc2)CC1. The molecule has 5 nitrogen and oxygen atoms in total. The highest BCUT2D eigenvalue weighted by atomic mass is 35.5. The summed E-state index contributed by atoms with van der Waals surface area (Å²) in [6.07, 6.45) is -2.55. The van der Waals surface area contributed by atoms with Crippen LogP contribution >= 0.6 is 11.6 Å². The Morgan fingerprint density at radius 2 is 1.87 bits per heavy atom. The van der Waals surface area contributed by atoms with Crippen LogP contribution in [0, 0.1) is 0 Å². The van der Waals surface area contributed by atoms with Crippen molar-refractivity contribution in [1.82, 2.24) is 20.1 Å². The first kappa shape index (κ1) is 20.4. The number of aromatic nitrogens is 3. The predicted octanol–water partition coefficient (Wildman–Crippen LogP) is 4.51. The lowest BCUT2D eigenvalue weighted by Crippen LogP contribution is -2.33. The summed E-state index contributed by atoms with van der Waals surface area (Å²) < 4.78 is 38.8. The molecule has 1 N–H and O–H groups in total. The lowest BCUT2D eigenvalue weighted by molar-refractivity contribution is -0.123. The summed E-state index contributed by atoms with van der Waals surface area (Å²) in [5, 5.41) is 10.7. The van der Waals surface area contributed by atoms with Crippen LogP contribution in [0.2, 0.25) is 5.02 Å². The summed E-state index contributed by atoms with van der Waals surface area (Å²) in [6, 6.07) is 14.4. The van der Waals surface area contributed by atoms with Crippen molar-refractivity contribution in [2.45, 2.75) is 24.4 Å². The molecule has 3 aromatic rings. The van der Waals surface area contributed by atoms with Gasteiger partial charge in [0, 0.05) is 18.2 Å². The Labute approximate surface area is 175 Å². The van der Waals surface area contributed by atoms with Gasteiger partial charge < -0.3 is 9.88 Å². The van der Waals surface area contributed by atoms with E-state index in [1.807, 2.05) is 35.1 Å². The Bertz CT molecular complexity index is 1090. The molecule has 1 aliphatic rings. The zero-order chi connectivity index (χ0) is 21.5. The molecule has 0 saturated heterocycles. The second kappa shape index (κ2) is 7.43. The molecule has 156 valence electrons.